The van der Waals surface area contributed by atoms with Crippen LogP contribution < -0.4 is 5.32 Å². The van der Waals surface area contributed by atoms with Gasteiger partial charge in [0.15, 0.2) is 0 Å². The normalized spacial score (nSPS) is 17.6. The highest BCUT2D eigenvalue weighted by Crippen LogP contribution is 2.28. The van der Waals surface area contributed by atoms with Crippen molar-refractivity contribution in [3.63, 3.8) is 0 Å². The van der Waals surface area contributed by atoms with Gasteiger partial charge in [-0.25, -0.2) is 4.98 Å². The van der Waals surface area contributed by atoms with Gasteiger partial charge in [0.1, 0.15) is 17.9 Å². The number of amides is 1. The van der Waals surface area contributed by atoms with Crippen LogP contribution in [0.25, 0.3) is 10.8 Å². The number of rotatable bonds is 4. The van der Waals surface area contributed by atoms with E-state index < -0.39 is 0 Å². The van der Waals surface area contributed by atoms with Gasteiger partial charge in [0.05, 0.1) is 23.5 Å². The zero-order chi connectivity index (χ0) is 18.9. The first-order valence-electron chi connectivity index (χ1n) is 9.66. The molecule has 1 saturated heterocycles. The summed E-state index contributed by atoms with van der Waals surface area (Å²) in [6, 6.07) is 3.92. The van der Waals surface area contributed by atoms with Gasteiger partial charge in [-0.2, -0.15) is 0 Å². The van der Waals surface area contributed by atoms with E-state index in [1.807, 2.05) is 22.4 Å². The molecule has 0 aromatic carbocycles. The van der Waals surface area contributed by atoms with Gasteiger partial charge in [-0.3, -0.25) is 4.79 Å². The molecule has 9 heteroatoms. The SMILES string of the molecule is O=C(Cc1coc(-c2cccs2)n1)N1CCC(c2nnc3n2CCNC3)CC1. The van der Waals surface area contributed by atoms with Crippen LogP contribution in [0.15, 0.2) is 28.2 Å². The lowest BCUT2D eigenvalue weighted by atomic mass is 9.95. The summed E-state index contributed by atoms with van der Waals surface area (Å²) in [6.07, 6.45) is 3.73. The van der Waals surface area contributed by atoms with Crippen LogP contribution in [0.2, 0.25) is 0 Å². The van der Waals surface area contributed by atoms with Crippen molar-refractivity contribution < 1.29 is 9.21 Å². The summed E-state index contributed by atoms with van der Waals surface area (Å²) >= 11 is 1.58. The largest absolute Gasteiger partial charge is 0.444 e. The van der Waals surface area contributed by atoms with Gasteiger partial charge >= 0.3 is 0 Å². The molecule has 5 rings (SSSR count). The van der Waals surface area contributed by atoms with Gasteiger partial charge in [-0.1, -0.05) is 6.07 Å². The van der Waals surface area contributed by atoms with Crippen molar-refractivity contribution in [2.75, 3.05) is 19.6 Å². The molecule has 1 N–H and O–H groups in total. The van der Waals surface area contributed by atoms with E-state index in [-0.39, 0.29) is 12.3 Å². The molecule has 3 aromatic heterocycles. The second-order valence-corrected chi connectivity index (χ2v) is 8.20. The Labute approximate surface area is 166 Å². The smallest absolute Gasteiger partial charge is 0.236 e. The fraction of sp³-hybridized carbons (Fsp3) is 0.474. The first kappa shape index (κ1) is 17.6. The molecule has 0 bridgehead atoms. The quantitative estimate of drug-likeness (QED) is 0.724. The van der Waals surface area contributed by atoms with Crippen LogP contribution in [-0.4, -0.2) is 50.2 Å². The molecule has 0 saturated carbocycles. The van der Waals surface area contributed by atoms with Gasteiger partial charge in [-0.15, -0.1) is 21.5 Å². The number of fused-ring (bicyclic) bond motifs is 1. The molecular formula is C19H22N6O2S. The van der Waals surface area contributed by atoms with Crippen molar-refractivity contribution in [3.8, 4) is 10.8 Å². The van der Waals surface area contributed by atoms with Crippen molar-refractivity contribution >= 4 is 17.2 Å². The number of nitrogens with one attached hydrogen (secondary N) is 1. The van der Waals surface area contributed by atoms with Crippen molar-refractivity contribution in [2.45, 2.75) is 38.3 Å². The molecule has 3 aromatic rings. The average molecular weight is 398 g/mol. The molecule has 5 heterocycles. The molecule has 0 spiro atoms. The van der Waals surface area contributed by atoms with Gasteiger partial charge in [-0.05, 0) is 24.3 Å². The number of hydrogen-bond acceptors (Lipinski definition) is 7. The summed E-state index contributed by atoms with van der Waals surface area (Å²) in [7, 11) is 0. The lowest BCUT2D eigenvalue weighted by Crippen LogP contribution is -2.39. The van der Waals surface area contributed by atoms with E-state index >= 15 is 0 Å². The summed E-state index contributed by atoms with van der Waals surface area (Å²) in [5.74, 6) is 3.17. The molecule has 0 radical (unpaired) electrons. The highest BCUT2D eigenvalue weighted by atomic mass is 32.1. The zero-order valence-electron chi connectivity index (χ0n) is 15.5. The maximum absolute atomic E-state index is 12.7. The highest BCUT2D eigenvalue weighted by Gasteiger charge is 2.29. The monoisotopic (exact) mass is 398 g/mol. The summed E-state index contributed by atoms with van der Waals surface area (Å²) in [5, 5.41) is 14.1. The number of aromatic nitrogens is 4. The zero-order valence-corrected chi connectivity index (χ0v) is 16.3. The van der Waals surface area contributed by atoms with E-state index in [4.69, 9.17) is 4.42 Å². The van der Waals surface area contributed by atoms with Crippen LogP contribution in [0.3, 0.4) is 0 Å². The van der Waals surface area contributed by atoms with E-state index in [0.29, 0.717) is 17.5 Å². The third-order valence-electron chi connectivity index (χ3n) is 5.48. The highest BCUT2D eigenvalue weighted by molar-refractivity contribution is 7.13. The topological polar surface area (TPSA) is 89.1 Å². The number of carbonyl (C=O) groups is 1. The number of likely N-dealkylation sites (tertiary alicyclic amines) is 1. The molecule has 1 amide bonds. The second kappa shape index (κ2) is 7.48. The molecule has 2 aliphatic heterocycles. The van der Waals surface area contributed by atoms with E-state index in [1.54, 1.807) is 17.6 Å². The Morgan fingerprint density at radius 1 is 1.29 bits per heavy atom. The Kier molecular flexibility index (Phi) is 4.69. The minimum absolute atomic E-state index is 0.108. The Balaban J connectivity index is 1.19. The number of hydrogen-bond donors (Lipinski definition) is 1. The summed E-state index contributed by atoms with van der Waals surface area (Å²) in [4.78, 5) is 20.1. The van der Waals surface area contributed by atoms with E-state index in [2.05, 4.69) is 25.1 Å². The van der Waals surface area contributed by atoms with E-state index in [1.165, 1.54) is 0 Å². The maximum Gasteiger partial charge on any atom is 0.236 e. The van der Waals surface area contributed by atoms with Crippen LogP contribution in [0, 0.1) is 0 Å². The molecule has 28 heavy (non-hydrogen) atoms. The molecule has 1 fully saturated rings. The van der Waals surface area contributed by atoms with Crippen molar-refractivity contribution in [1.82, 2.24) is 30.0 Å². The van der Waals surface area contributed by atoms with Gasteiger partial charge in [0.25, 0.3) is 0 Å². The lowest BCUT2D eigenvalue weighted by molar-refractivity contribution is -0.131. The van der Waals surface area contributed by atoms with Gasteiger partial charge in [0.2, 0.25) is 11.8 Å². The summed E-state index contributed by atoms with van der Waals surface area (Å²) < 4.78 is 7.77. The molecule has 0 atom stereocenters. The molecule has 0 unspecified atom stereocenters. The number of carbonyl (C=O) groups excluding carboxylic acids is 1. The Hall–Kier alpha value is -2.52. The summed E-state index contributed by atoms with van der Waals surface area (Å²) in [5.41, 5.74) is 0.689. The van der Waals surface area contributed by atoms with Crippen LogP contribution >= 0.6 is 11.3 Å². The predicted octanol–water partition coefficient (Wildman–Crippen LogP) is 2.05. The molecule has 0 aliphatic carbocycles. The number of piperidine rings is 1. The third kappa shape index (κ3) is 3.35. The van der Waals surface area contributed by atoms with Crippen molar-refractivity contribution in [3.05, 3.63) is 41.1 Å². The van der Waals surface area contributed by atoms with E-state index in [0.717, 1.165) is 62.1 Å². The van der Waals surface area contributed by atoms with Crippen molar-refractivity contribution in [1.29, 1.82) is 0 Å². The second-order valence-electron chi connectivity index (χ2n) is 7.26. The van der Waals surface area contributed by atoms with Gasteiger partial charge < -0.3 is 19.2 Å². The Bertz CT molecular complexity index is 955. The minimum atomic E-state index is 0.108. The number of oxazole rings is 1. The molecule has 146 valence electrons. The maximum atomic E-state index is 12.7. The predicted molar refractivity (Wildman–Crippen MR) is 104 cm³/mol. The standard InChI is InChI=1S/C19H22N6O2S/c26-17(10-14-12-27-19(21-14)15-2-1-9-28-15)24-6-3-13(4-7-24)18-23-22-16-11-20-5-8-25(16)18/h1-2,9,12-13,20H,3-8,10-11H2. The first-order chi connectivity index (χ1) is 13.8. The Morgan fingerprint density at radius 3 is 3.00 bits per heavy atom. The van der Waals surface area contributed by atoms with Crippen LogP contribution in [0.4, 0.5) is 0 Å². The molecular weight excluding hydrogens is 376 g/mol. The van der Waals surface area contributed by atoms with Crippen molar-refractivity contribution in [2.24, 2.45) is 0 Å². The number of nitrogens with zero attached hydrogens (tertiary/aromatic N) is 5. The van der Waals surface area contributed by atoms with Crippen LogP contribution in [-0.2, 0) is 24.3 Å². The Morgan fingerprint density at radius 2 is 2.18 bits per heavy atom. The third-order valence-corrected chi connectivity index (χ3v) is 6.34. The number of thiophene rings is 1. The minimum Gasteiger partial charge on any atom is -0.444 e. The van der Waals surface area contributed by atoms with Gasteiger partial charge in [0, 0.05) is 32.1 Å². The summed E-state index contributed by atoms with van der Waals surface area (Å²) in [6.45, 7) is 4.17. The average Bonchev–Trinajstić information content (AvgIpc) is 3.48. The molecule has 2 aliphatic rings. The fourth-order valence-electron chi connectivity index (χ4n) is 3.97. The fourth-order valence-corrected chi connectivity index (χ4v) is 4.63. The van der Waals surface area contributed by atoms with Crippen LogP contribution in [0.5, 0.6) is 0 Å². The first-order valence-corrected chi connectivity index (χ1v) is 10.5. The lowest BCUT2D eigenvalue weighted by Gasteiger charge is -2.32. The van der Waals surface area contributed by atoms with E-state index in [9.17, 15) is 4.79 Å². The van der Waals surface area contributed by atoms with Crippen LogP contribution in [0.1, 0.15) is 36.1 Å². The molecule has 8 nitrogen and oxygen atoms in total.